The van der Waals surface area contributed by atoms with Gasteiger partial charge in [-0.3, -0.25) is 0 Å². The molecule has 4 aromatic rings. The number of hydrogen-bond acceptors (Lipinski definition) is 4. The van der Waals surface area contributed by atoms with Gasteiger partial charge in [0, 0.05) is 17.5 Å². The third-order valence-electron chi connectivity index (χ3n) is 4.25. The largest absolute Gasteiger partial charge is 0.573 e. The number of hydrogen-bond donors (Lipinski definition) is 0. The van der Waals surface area contributed by atoms with Gasteiger partial charge in [0.25, 0.3) is 0 Å². The molecule has 160 valence electrons. The highest BCUT2D eigenvalue weighted by Gasteiger charge is 2.31. The van der Waals surface area contributed by atoms with E-state index in [1.807, 2.05) is 6.07 Å². The minimum absolute atomic E-state index is 0.109. The van der Waals surface area contributed by atoms with Crippen LogP contribution in [0.25, 0.3) is 33.2 Å². The SMILES string of the molecule is Cn1nc(-c2c(F)cccc2Cl)nc1-c1cc(-c2ccc(OC(F)(F)F)cc2)sc1Br. The molecule has 0 atom stereocenters. The van der Waals surface area contributed by atoms with Gasteiger partial charge in [-0.05, 0) is 64.0 Å². The topological polar surface area (TPSA) is 39.9 Å². The molecule has 0 radical (unpaired) electrons. The maximum Gasteiger partial charge on any atom is 0.573 e. The molecule has 0 bridgehead atoms. The summed E-state index contributed by atoms with van der Waals surface area (Å²) in [6.45, 7) is 0. The highest BCUT2D eigenvalue weighted by Crippen LogP contribution is 2.41. The zero-order valence-electron chi connectivity index (χ0n) is 15.5. The van der Waals surface area contributed by atoms with Gasteiger partial charge < -0.3 is 4.74 Å². The lowest BCUT2D eigenvalue weighted by Crippen LogP contribution is -2.16. The van der Waals surface area contributed by atoms with Crippen molar-refractivity contribution in [3.63, 3.8) is 0 Å². The Hall–Kier alpha value is -2.43. The van der Waals surface area contributed by atoms with Crippen molar-refractivity contribution in [2.75, 3.05) is 0 Å². The lowest BCUT2D eigenvalue weighted by molar-refractivity contribution is -0.274. The van der Waals surface area contributed by atoms with E-state index in [9.17, 15) is 17.6 Å². The summed E-state index contributed by atoms with van der Waals surface area (Å²) in [5.41, 5.74) is 1.51. The van der Waals surface area contributed by atoms with E-state index >= 15 is 0 Å². The first-order valence-electron chi connectivity index (χ1n) is 8.63. The maximum absolute atomic E-state index is 14.3. The van der Waals surface area contributed by atoms with E-state index in [1.54, 1.807) is 13.1 Å². The second-order valence-electron chi connectivity index (χ2n) is 6.35. The predicted molar refractivity (Wildman–Crippen MR) is 115 cm³/mol. The average molecular weight is 533 g/mol. The Morgan fingerprint density at radius 2 is 1.84 bits per heavy atom. The minimum atomic E-state index is -4.75. The second kappa shape index (κ2) is 8.25. The van der Waals surface area contributed by atoms with Crippen LogP contribution in [-0.2, 0) is 7.05 Å². The summed E-state index contributed by atoms with van der Waals surface area (Å²) in [6.07, 6.45) is -4.75. The molecule has 0 saturated carbocycles. The lowest BCUT2D eigenvalue weighted by atomic mass is 10.1. The zero-order valence-corrected chi connectivity index (χ0v) is 18.7. The van der Waals surface area contributed by atoms with Crippen LogP contribution in [0.2, 0.25) is 5.02 Å². The fourth-order valence-corrected chi connectivity index (χ4v) is 4.87. The third kappa shape index (κ3) is 4.60. The number of aromatic nitrogens is 3. The number of aryl methyl sites for hydroxylation is 1. The maximum atomic E-state index is 14.3. The summed E-state index contributed by atoms with van der Waals surface area (Å²) in [4.78, 5) is 5.24. The van der Waals surface area contributed by atoms with Crippen LogP contribution in [0.5, 0.6) is 5.75 Å². The fraction of sp³-hybridized carbons (Fsp3) is 0.100. The molecule has 0 amide bonds. The standard InChI is InChI=1S/C20H11BrClF4N3OS/c1-29-19(27-18(28-29)16-13(22)3-2-4-14(16)23)12-9-15(31-17(12)21)10-5-7-11(8-6-10)30-20(24,25)26/h2-9H,1H3. The average Bonchev–Trinajstić information content (AvgIpc) is 3.23. The number of benzene rings is 2. The van der Waals surface area contributed by atoms with Gasteiger partial charge in [0.2, 0.25) is 0 Å². The summed E-state index contributed by atoms with van der Waals surface area (Å²) in [5, 5.41) is 4.49. The van der Waals surface area contributed by atoms with Gasteiger partial charge in [0.1, 0.15) is 11.6 Å². The van der Waals surface area contributed by atoms with E-state index in [4.69, 9.17) is 11.6 Å². The smallest absolute Gasteiger partial charge is 0.406 e. The van der Waals surface area contributed by atoms with Crippen LogP contribution >= 0.6 is 38.9 Å². The van der Waals surface area contributed by atoms with Gasteiger partial charge in [0.05, 0.1) is 14.4 Å². The first kappa shape index (κ1) is 21.8. The van der Waals surface area contributed by atoms with Crippen LogP contribution in [0.1, 0.15) is 0 Å². The Morgan fingerprint density at radius 1 is 1.13 bits per heavy atom. The van der Waals surface area contributed by atoms with Crippen LogP contribution in [0.4, 0.5) is 17.6 Å². The molecule has 0 aliphatic rings. The summed E-state index contributed by atoms with van der Waals surface area (Å²) < 4.78 is 57.4. The number of rotatable bonds is 4. The van der Waals surface area contributed by atoms with Gasteiger partial charge in [-0.2, -0.15) is 5.10 Å². The van der Waals surface area contributed by atoms with Crippen LogP contribution in [0.15, 0.2) is 52.3 Å². The molecular weight excluding hydrogens is 522 g/mol. The molecule has 31 heavy (non-hydrogen) atoms. The van der Waals surface area contributed by atoms with Crippen molar-refractivity contribution in [3.8, 4) is 39.0 Å². The number of halogens is 6. The van der Waals surface area contributed by atoms with Crippen molar-refractivity contribution in [1.82, 2.24) is 14.8 Å². The first-order chi connectivity index (χ1) is 14.6. The van der Waals surface area contributed by atoms with Gasteiger partial charge in [-0.1, -0.05) is 17.7 Å². The molecule has 0 N–H and O–H groups in total. The Bertz CT molecular complexity index is 1230. The van der Waals surface area contributed by atoms with E-state index < -0.39 is 12.2 Å². The normalized spacial score (nSPS) is 11.7. The Balaban J connectivity index is 1.68. The lowest BCUT2D eigenvalue weighted by Gasteiger charge is -2.08. The van der Waals surface area contributed by atoms with Crippen molar-refractivity contribution in [2.24, 2.45) is 7.05 Å². The van der Waals surface area contributed by atoms with Crippen molar-refractivity contribution in [3.05, 3.63) is 63.2 Å². The van der Waals surface area contributed by atoms with Crippen molar-refractivity contribution >= 4 is 38.9 Å². The molecule has 0 spiro atoms. The molecule has 2 aromatic heterocycles. The minimum Gasteiger partial charge on any atom is -0.406 e. The summed E-state index contributed by atoms with van der Waals surface area (Å²) in [5.74, 6) is -0.211. The quantitative estimate of drug-likeness (QED) is 0.258. The van der Waals surface area contributed by atoms with Gasteiger partial charge in [-0.15, -0.1) is 24.5 Å². The third-order valence-corrected chi connectivity index (χ3v) is 6.45. The Kier molecular flexibility index (Phi) is 5.80. The molecule has 0 saturated heterocycles. The van der Waals surface area contributed by atoms with Crippen LogP contribution in [0, 0.1) is 5.82 Å². The van der Waals surface area contributed by atoms with Crippen LogP contribution in [0.3, 0.4) is 0 Å². The molecule has 4 nitrogen and oxygen atoms in total. The monoisotopic (exact) mass is 531 g/mol. The van der Waals surface area contributed by atoms with Crippen molar-refractivity contribution in [2.45, 2.75) is 6.36 Å². The zero-order chi connectivity index (χ0) is 22.3. The molecule has 0 aliphatic carbocycles. The summed E-state index contributed by atoms with van der Waals surface area (Å²) in [6, 6.07) is 11.7. The van der Waals surface area contributed by atoms with Crippen LogP contribution in [-0.4, -0.2) is 21.1 Å². The van der Waals surface area contributed by atoms with Crippen molar-refractivity contribution in [1.29, 1.82) is 0 Å². The molecule has 0 fully saturated rings. The van der Waals surface area contributed by atoms with E-state index in [1.165, 1.54) is 52.4 Å². The van der Waals surface area contributed by atoms with E-state index in [-0.39, 0.29) is 22.2 Å². The molecule has 4 rings (SSSR count). The highest BCUT2D eigenvalue weighted by molar-refractivity contribution is 9.11. The highest BCUT2D eigenvalue weighted by atomic mass is 79.9. The van der Waals surface area contributed by atoms with Gasteiger partial charge >= 0.3 is 6.36 Å². The van der Waals surface area contributed by atoms with E-state index in [2.05, 4.69) is 30.7 Å². The molecule has 2 aromatic carbocycles. The molecular formula is C20H11BrClF4N3OS. The molecule has 0 aliphatic heterocycles. The number of thiophene rings is 1. The van der Waals surface area contributed by atoms with Crippen molar-refractivity contribution < 1.29 is 22.3 Å². The number of ether oxygens (including phenoxy) is 1. The summed E-state index contributed by atoms with van der Waals surface area (Å²) >= 11 is 11.0. The van der Waals surface area contributed by atoms with Gasteiger partial charge in [-0.25, -0.2) is 14.1 Å². The second-order valence-corrected chi connectivity index (χ2v) is 9.13. The first-order valence-corrected chi connectivity index (χ1v) is 10.6. The van der Waals surface area contributed by atoms with E-state index in [0.717, 1.165) is 8.66 Å². The Labute approximate surface area is 191 Å². The van der Waals surface area contributed by atoms with Crippen LogP contribution < -0.4 is 4.74 Å². The number of alkyl halides is 3. The summed E-state index contributed by atoms with van der Waals surface area (Å²) in [7, 11) is 1.67. The molecule has 11 heteroatoms. The molecule has 0 unspecified atom stereocenters. The number of nitrogens with zero attached hydrogens (tertiary/aromatic N) is 3. The Morgan fingerprint density at radius 3 is 2.48 bits per heavy atom. The van der Waals surface area contributed by atoms with Gasteiger partial charge in [0.15, 0.2) is 11.6 Å². The van der Waals surface area contributed by atoms with E-state index in [0.29, 0.717) is 17.0 Å². The molecule has 2 heterocycles. The fourth-order valence-electron chi connectivity index (χ4n) is 2.92. The predicted octanol–water partition coefficient (Wildman–Crippen LogP) is 7.33.